The van der Waals surface area contributed by atoms with Crippen LogP contribution >= 0.6 is 11.6 Å². The van der Waals surface area contributed by atoms with E-state index >= 15 is 0 Å². The van der Waals surface area contributed by atoms with Crippen LogP contribution < -0.4 is 11.1 Å². The van der Waals surface area contributed by atoms with Crippen LogP contribution in [-0.2, 0) is 0 Å². The summed E-state index contributed by atoms with van der Waals surface area (Å²) < 4.78 is 6.87. The SMILES string of the molecule is O=c1c2ccccc2oc2nc(=O)n(-c3ccc(Cl)cc3)cc12. The van der Waals surface area contributed by atoms with Gasteiger partial charge in [-0.15, -0.1) is 0 Å². The highest BCUT2D eigenvalue weighted by Crippen LogP contribution is 2.17. The van der Waals surface area contributed by atoms with Crippen LogP contribution in [-0.4, -0.2) is 9.55 Å². The fourth-order valence-corrected chi connectivity index (χ4v) is 2.58. The van der Waals surface area contributed by atoms with Gasteiger partial charge in [-0.05, 0) is 36.4 Å². The smallest absolute Gasteiger partial charge is 0.355 e. The standard InChI is InChI=1S/C17H9ClN2O3/c18-10-5-7-11(8-6-10)20-9-13-15(21)12-3-1-2-4-14(12)23-16(13)19-17(20)22/h1-9H. The molecule has 0 aliphatic carbocycles. The van der Waals surface area contributed by atoms with Gasteiger partial charge in [0, 0.05) is 11.2 Å². The minimum absolute atomic E-state index is 0.0314. The van der Waals surface area contributed by atoms with Gasteiger partial charge >= 0.3 is 5.69 Å². The zero-order valence-corrected chi connectivity index (χ0v) is 12.4. The van der Waals surface area contributed by atoms with Gasteiger partial charge in [0.25, 0.3) is 0 Å². The average molecular weight is 325 g/mol. The minimum Gasteiger partial charge on any atom is -0.437 e. The van der Waals surface area contributed by atoms with Crippen molar-refractivity contribution in [1.29, 1.82) is 0 Å². The molecule has 0 radical (unpaired) electrons. The van der Waals surface area contributed by atoms with E-state index in [1.807, 2.05) is 0 Å². The van der Waals surface area contributed by atoms with Crippen LogP contribution in [0.15, 0.2) is 68.7 Å². The number of aromatic nitrogens is 2. The number of rotatable bonds is 1. The van der Waals surface area contributed by atoms with Crippen LogP contribution in [0.2, 0.25) is 5.02 Å². The molecule has 0 fully saturated rings. The second kappa shape index (κ2) is 5.07. The van der Waals surface area contributed by atoms with Crippen molar-refractivity contribution in [3.05, 3.63) is 80.5 Å². The molecule has 0 saturated heterocycles. The minimum atomic E-state index is -0.529. The summed E-state index contributed by atoms with van der Waals surface area (Å²) in [7, 11) is 0. The van der Waals surface area contributed by atoms with Gasteiger partial charge in [0.05, 0.1) is 11.1 Å². The van der Waals surface area contributed by atoms with Crippen LogP contribution in [0.3, 0.4) is 0 Å². The highest BCUT2D eigenvalue weighted by molar-refractivity contribution is 6.30. The highest BCUT2D eigenvalue weighted by atomic mass is 35.5. The van der Waals surface area contributed by atoms with Crippen molar-refractivity contribution in [2.24, 2.45) is 0 Å². The van der Waals surface area contributed by atoms with Gasteiger partial charge in [-0.25, -0.2) is 4.79 Å². The maximum Gasteiger partial charge on any atom is 0.355 e. The number of nitrogens with zero attached hydrogens (tertiary/aromatic N) is 2. The summed E-state index contributed by atoms with van der Waals surface area (Å²) >= 11 is 5.86. The molecule has 2 aromatic carbocycles. The van der Waals surface area contributed by atoms with Gasteiger partial charge in [0.15, 0.2) is 0 Å². The molecule has 0 bridgehead atoms. The van der Waals surface area contributed by atoms with Gasteiger partial charge in [-0.1, -0.05) is 23.7 Å². The molecule has 0 spiro atoms. The molecule has 0 unspecified atom stereocenters. The summed E-state index contributed by atoms with van der Waals surface area (Å²) in [5.74, 6) is 0. The van der Waals surface area contributed by atoms with Crippen LogP contribution in [0.25, 0.3) is 27.8 Å². The van der Waals surface area contributed by atoms with E-state index in [9.17, 15) is 9.59 Å². The average Bonchev–Trinajstić information content (AvgIpc) is 2.56. The Hall–Kier alpha value is -2.92. The molecule has 112 valence electrons. The summed E-state index contributed by atoms with van der Waals surface area (Å²) in [5, 5.41) is 1.25. The predicted molar refractivity (Wildman–Crippen MR) is 88.4 cm³/mol. The van der Waals surface area contributed by atoms with Crippen molar-refractivity contribution in [1.82, 2.24) is 9.55 Å². The van der Waals surface area contributed by atoms with E-state index in [0.29, 0.717) is 21.7 Å². The molecule has 6 heteroatoms. The Bertz CT molecular complexity index is 1160. The number of hydrogen-bond acceptors (Lipinski definition) is 4. The Kier molecular flexibility index (Phi) is 3.02. The predicted octanol–water partition coefficient (Wildman–Crippen LogP) is 3.15. The lowest BCUT2D eigenvalue weighted by Crippen LogP contribution is -2.22. The van der Waals surface area contributed by atoms with Crippen LogP contribution in [0.5, 0.6) is 0 Å². The van der Waals surface area contributed by atoms with Crippen LogP contribution in [0, 0.1) is 0 Å². The number of benzene rings is 2. The normalized spacial score (nSPS) is 11.2. The molecule has 0 aliphatic heterocycles. The third-order valence-corrected chi connectivity index (χ3v) is 3.83. The lowest BCUT2D eigenvalue weighted by molar-refractivity contribution is 0.638. The first-order valence-corrected chi connectivity index (χ1v) is 7.22. The van der Waals surface area contributed by atoms with E-state index in [0.717, 1.165) is 0 Å². The van der Waals surface area contributed by atoms with Gasteiger partial charge < -0.3 is 4.42 Å². The topological polar surface area (TPSA) is 65.1 Å². The second-order valence-corrected chi connectivity index (χ2v) is 5.45. The van der Waals surface area contributed by atoms with Gasteiger partial charge in [-0.3, -0.25) is 9.36 Å². The lowest BCUT2D eigenvalue weighted by atomic mass is 10.2. The van der Waals surface area contributed by atoms with Crippen molar-refractivity contribution in [3.8, 4) is 5.69 Å². The van der Waals surface area contributed by atoms with Crippen molar-refractivity contribution >= 4 is 33.7 Å². The van der Waals surface area contributed by atoms with Gasteiger partial charge in [0.2, 0.25) is 11.1 Å². The van der Waals surface area contributed by atoms with Crippen molar-refractivity contribution in [2.75, 3.05) is 0 Å². The first kappa shape index (κ1) is 13.7. The fraction of sp³-hybridized carbons (Fsp3) is 0. The van der Waals surface area contributed by atoms with Crippen molar-refractivity contribution in [3.63, 3.8) is 0 Å². The van der Waals surface area contributed by atoms with Gasteiger partial charge in [-0.2, -0.15) is 4.98 Å². The third kappa shape index (κ3) is 2.22. The summed E-state index contributed by atoms with van der Waals surface area (Å²) in [6.45, 7) is 0. The van der Waals surface area contributed by atoms with Crippen molar-refractivity contribution < 1.29 is 4.42 Å². The second-order valence-electron chi connectivity index (χ2n) is 5.02. The molecule has 4 aromatic rings. The molecule has 4 rings (SSSR count). The van der Waals surface area contributed by atoms with E-state index in [1.54, 1.807) is 48.5 Å². The van der Waals surface area contributed by atoms with E-state index in [1.165, 1.54) is 10.8 Å². The molecule has 5 nitrogen and oxygen atoms in total. The number of para-hydroxylation sites is 1. The molecule has 0 amide bonds. The molecule has 0 saturated carbocycles. The summed E-state index contributed by atoms with van der Waals surface area (Å²) in [6, 6.07) is 13.5. The molecule has 23 heavy (non-hydrogen) atoms. The van der Waals surface area contributed by atoms with E-state index in [-0.39, 0.29) is 16.5 Å². The third-order valence-electron chi connectivity index (χ3n) is 3.58. The maximum atomic E-state index is 12.6. The van der Waals surface area contributed by atoms with E-state index in [2.05, 4.69) is 4.98 Å². The molecular formula is C17H9ClN2O3. The quantitative estimate of drug-likeness (QED) is 0.504. The van der Waals surface area contributed by atoms with Crippen LogP contribution in [0.1, 0.15) is 0 Å². The monoisotopic (exact) mass is 324 g/mol. The maximum absolute atomic E-state index is 12.6. The van der Waals surface area contributed by atoms with Crippen molar-refractivity contribution in [2.45, 2.75) is 0 Å². The zero-order chi connectivity index (χ0) is 16.0. The number of hydrogen-bond donors (Lipinski definition) is 0. The molecule has 2 heterocycles. The summed E-state index contributed by atoms with van der Waals surface area (Å²) in [6.07, 6.45) is 1.45. The number of halogens is 1. The zero-order valence-electron chi connectivity index (χ0n) is 11.7. The Morgan fingerprint density at radius 3 is 2.48 bits per heavy atom. The Morgan fingerprint density at radius 2 is 1.70 bits per heavy atom. The van der Waals surface area contributed by atoms with Crippen LogP contribution in [0.4, 0.5) is 0 Å². The largest absolute Gasteiger partial charge is 0.437 e. The Morgan fingerprint density at radius 1 is 0.957 bits per heavy atom. The first-order chi connectivity index (χ1) is 11.1. The fourth-order valence-electron chi connectivity index (χ4n) is 2.45. The molecular weight excluding hydrogens is 316 g/mol. The van der Waals surface area contributed by atoms with E-state index in [4.69, 9.17) is 16.0 Å². The Labute approximate surface area is 134 Å². The van der Waals surface area contributed by atoms with Gasteiger partial charge in [0.1, 0.15) is 11.0 Å². The Balaban J connectivity index is 2.08. The molecule has 0 N–H and O–H groups in total. The highest BCUT2D eigenvalue weighted by Gasteiger charge is 2.11. The number of fused-ring (bicyclic) bond motifs is 2. The van der Waals surface area contributed by atoms with E-state index < -0.39 is 5.69 Å². The first-order valence-electron chi connectivity index (χ1n) is 6.85. The molecule has 0 aliphatic rings. The molecule has 2 aromatic heterocycles. The lowest BCUT2D eigenvalue weighted by Gasteiger charge is -2.06. The molecule has 0 atom stereocenters. The summed E-state index contributed by atoms with van der Waals surface area (Å²) in [5.41, 5.74) is 0.252. The summed E-state index contributed by atoms with van der Waals surface area (Å²) in [4.78, 5) is 28.7.